The zero-order valence-corrected chi connectivity index (χ0v) is 15.4. The fourth-order valence-corrected chi connectivity index (χ4v) is 2.71. The number of allylic oxidation sites excluding steroid dienone is 1. The number of hydrogen-bond donors (Lipinski definition) is 0. The minimum absolute atomic E-state index is 0.0521. The number of rotatable bonds is 7. The second kappa shape index (κ2) is 7.66. The van der Waals surface area contributed by atoms with E-state index in [9.17, 15) is 0 Å². The molecule has 0 saturated heterocycles. The van der Waals surface area contributed by atoms with Crippen LogP contribution in [0.15, 0.2) is 42.4 Å². The predicted octanol–water partition coefficient (Wildman–Crippen LogP) is 4.41. The predicted molar refractivity (Wildman–Crippen MR) is 91.6 cm³/mol. The second-order valence-electron chi connectivity index (χ2n) is 6.48. The van der Waals surface area contributed by atoms with Gasteiger partial charge in [0.25, 0.3) is 5.95 Å². The van der Waals surface area contributed by atoms with Crippen molar-refractivity contribution in [3.63, 3.8) is 0 Å². The molecule has 0 aliphatic carbocycles. The standard InChI is InChI=1S/C17H29NO2Si/c1-8-16(20-21(5,6)7)19-17(14(2)18(3)4)15-12-10-9-11-13-15/h8-14,17H,1-7H3/b16-8+/t14-,17-/m1/s1. The van der Waals surface area contributed by atoms with Crippen LogP contribution in [0.4, 0.5) is 0 Å². The third kappa shape index (κ3) is 5.94. The van der Waals surface area contributed by atoms with Crippen molar-refractivity contribution < 1.29 is 9.16 Å². The van der Waals surface area contributed by atoms with Crippen molar-refractivity contribution in [3.05, 3.63) is 47.9 Å². The molecule has 0 spiro atoms. The summed E-state index contributed by atoms with van der Waals surface area (Å²) in [5, 5.41) is 0. The third-order valence-corrected chi connectivity index (χ3v) is 4.08. The number of benzene rings is 1. The Balaban J connectivity index is 2.98. The van der Waals surface area contributed by atoms with Crippen molar-refractivity contribution in [2.24, 2.45) is 0 Å². The zero-order chi connectivity index (χ0) is 16.0. The van der Waals surface area contributed by atoms with Crippen LogP contribution < -0.4 is 0 Å². The van der Waals surface area contributed by atoms with Gasteiger partial charge >= 0.3 is 0 Å². The second-order valence-corrected chi connectivity index (χ2v) is 10.9. The summed E-state index contributed by atoms with van der Waals surface area (Å²) < 4.78 is 12.2. The minimum Gasteiger partial charge on any atom is -0.520 e. The summed E-state index contributed by atoms with van der Waals surface area (Å²) in [6.45, 7) is 10.6. The van der Waals surface area contributed by atoms with Gasteiger partial charge in [0.2, 0.25) is 8.32 Å². The first kappa shape index (κ1) is 17.8. The van der Waals surface area contributed by atoms with Gasteiger partial charge in [0, 0.05) is 6.04 Å². The van der Waals surface area contributed by atoms with Crippen LogP contribution in [0.5, 0.6) is 0 Å². The largest absolute Gasteiger partial charge is 0.520 e. The third-order valence-electron chi connectivity index (χ3n) is 3.27. The maximum Gasteiger partial charge on any atom is 0.261 e. The van der Waals surface area contributed by atoms with E-state index in [2.05, 4.69) is 57.7 Å². The monoisotopic (exact) mass is 307 g/mol. The molecule has 0 fully saturated rings. The molecule has 0 heterocycles. The quantitative estimate of drug-likeness (QED) is 0.550. The lowest BCUT2D eigenvalue weighted by Gasteiger charge is -2.32. The Hall–Kier alpha value is -1.26. The van der Waals surface area contributed by atoms with Crippen LogP contribution in [-0.4, -0.2) is 33.4 Å². The molecule has 0 N–H and O–H groups in total. The summed E-state index contributed by atoms with van der Waals surface area (Å²) in [7, 11) is 2.46. The average molecular weight is 308 g/mol. The van der Waals surface area contributed by atoms with Crippen molar-refractivity contribution in [1.29, 1.82) is 0 Å². The summed E-state index contributed by atoms with van der Waals surface area (Å²) in [6, 6.07) is 10.6. The van der Waals surface area contributed by atoms with E-state index >= 15 is 0 Å². The Morgan fingerprint density at radius 3 is 2.14 bits per heavy atom. The summed E-state index contributed by atoms with van der Waals surface area (Å²) in [4.78, 5) is 2.17. The average Bonchev–Trinajstić information content (AvgIpc) is 2.42. The Kier molecular flexibility index (Phi) is 6.49. The Bertz CT molecular complexity index is 452. The van der Waals surface area contributed by atoms with Crippen molar-refractivity contribution in [2.45, 2.75) is 45.6 Å². The minimum atomic E-state index is -1.68. The van der Waals surface area contributed by atoms with E-state index in [1.807, 2.05) is 31.2 Å². The molecule has 0 aliphatic rings. The highest BCUT2D eigenvalue weighted by molar-refractivity contribution is 6.69. The van der Waals surface area contributed by atoms with Crippen LogP contribution in [0.25, 0.3) is 0 Å². The van der Waals surface area contributed by atoms with Crippen molar-refractivity contribution >= 4 is 8.32 Å². The van der Waals surface area contributed by atoms with Gasteiger partial charge in [-0.05, 0) is 59.2 Å². The Labute approximate surface area is 130 Å². The molecular formula is C17H29NO2Si. The molecule has 3 nitrogen and oxygen atoms in total. The van der Waals surface area contributed by atoms with E-state index in [0.29, 0.717) is 5.95 Å². The first-order valence-electron chi connectivity index (χ1n) is 7.48. The van der Waals surface area contributed by atoms with Gasteiger partial charge in [-0.2, -0.15) is 0 Å². The van der Waals surface area contributed by atoms with E-state index in [-0.39, 0.29) is 12.1 Å². The van der Waals surface area contributed by atoms with Gasteiger partial charge in [0.05, 0.1) is 0 Å². The van der Waals surface area contributed by atoms with Gasteiger partial charge < -0.3 is 14.1 Å². The maximum atomic E-state index is 6.22. The van der Waals surface area contributed by atoms with Crippen LogP contribution in [0.3, 0.4) is 0 Å². The highest BCUT2D eigenvalue weighted by Crippen LogP contribution is 2.28. The smallest absolute Gasteiger partial charge is 0.261 e. The SMILES string of the molecule is C/C=C(\O[C@@H](c1ccccc1)[C@@H](C)N(C)C)O[Si](C)(C)C. The fourth-order valence-electron chi connectivity index (χ4n) is 1.94. The molecule has 0 aromatic heterocycles. The molecule has 0 bridgehead atoms. The molecule has 21 heavy (non-hydrogen) atoms. The molecule has 0 saturated carbocycles. The van der Waals surface area contributed by atoms with Gasteiger partial charge in [-0.1, -0.05) is 30.3 Å². The highest BCUT2D eigenvalue weighted by atomic mass is 28.4. The normalized spacial score (nSPS) is 15.7. The van der Waals surface area contributed by atoms with Crippen molar-refractivity contribution in [3.8, 4) is 0 Å². The molecule has 0 aliphatic heterocycles. The topological polar surface area (TPSA) is 21.7 Å². The molecule has 1 aromatic carbocycles. The summed E-state index contributed by atoms with van der Waals surface area (Å²) in [6.07, 6.45) is 1.86. The highest BCUT2D eigenvalue weighted by Gasteiger charge is 2.26. The van der Waals surface area contributed by atoms with Gasteiger partial charge in [-0.25, -0.2) is 0 Å². The number of nitrogens with zero attached hydrogens (tertiary/aromatic N) is 1. The summed E-state index contributed by atoms with van der Waals surface area (Å²) >= 11 is 0. The van der Waals surface area contributed by atoms with Crippen molar-refractivity contribution in [2.75, 3.05) is 14.1 Å². The first-order chi connectivity index (χ1) is 9.74. The number of likely N-dealkylation sites (N-methyl/N-ethyl adjacent to an activating group) is 1. The molecule has 2 atom stereocenters. The molecule has 0 radical (unpaired) electrons. The van der Waals surface area contributed by atoms with Gasteiger partial charge in [-0.3, -0.25) is 0 Å². The molecule has 118 valence electrons. The first-order valence-corrected chi connectivity index (χ1v) is 10.9. The van der Waals surface area contributed by atoms with Crippen LogP contribution in [0.2, 0.25) is 19.6 Å². The summed E-state index contributed by atoms with van der Waals surface area (Å²) in [5.74, 6) is 0.636. The van der Waals surface area contributed by atoms with Gasteiger partial charge in [-0.15, -0.1) is 0 Å². The van der Waals surface area contributed by atoms with Gasteiger partial charge in [0.1, 0.15) is 6.10 Å². The zero-order valence-electron chi connectivity index (χ0n) is 14.4. The van der Waals surface area contributed by atoms with E-state index in [1.165, 1.54) is 0 Å². The Morgan fingerprint density at radius 1 is 1.14 bits per heavy atom. The van der Waals surface area contributed by atoms with Crippen molar-refractivity contribution in [1.82, 2.24) is 4.90 Å². The van der Waals surface area contributed by atoms with Gasteiger partial charge in [0.15, 0.2) is 0 Å². The summed E-state index contributed by atoms with van der Waals surface area (Å²) in [5.41, 5.74) is 1.16. The molecule has 1 aromatic rings. The van der Waals surface area contributed by atoms with Crippen LogP contribution in [0, 0.1) is 0 Å². The molecule has 0 unspecified atom stereocenters. The molecule has 0 amide bonds. The molecular weight excluding hydrogens is 278 g/mol. The van der Waals surface area contributed by atoms with Crippen LogP contribution in [0.1, 0.15) is 25.5 Å². The van der Waals surface area contributed by atoms with E-state index in [4.69, 9.17) is 9.16 Å². The number of hydrogen-bond acceptors (Lipinski definition) is 3. The van der Waals surface area contributed by atoms with E-state index in [1.54, 1.807) is 0 Å². The van der Waals surface area contributed by atoms with E-state index < -0.39 is 8.32 Å². The molecule has 4 heteroatoms. The number of ether oxygens (including phenoxy) is 1. The maximum absolute atomic E-state index is 6.22. The Morgan fingerprint density at radius 2 is 1.71 bits per heavy atom. The van der Waals surface area contributed by atoms with Crippen LogP contribution in [-0.2, 0) is 9.16 Å². The van der Waals surface area contributed by atoms with E-state index in [0.717, 1.165) is 5.56 Å². The fraction of sp³-hybridized carbons (Fsp3) is 0.529. The lowest BCUT2D eigenvalue weighted by atomic mass is 10.0. The van der Waals surface area contributed by atoms with Crippen LogP contribution >= 0.6 is 0 Å². The lowest BCUT2D eigenvalue weighted by molar-refractivity contribution is -0.00315. The lowest BCUT2D eigenvalue weighted by Crippen LogP contribution is -2.34. The molecule has 1 rings (SSSR count).